The second-order valence-electron chi connectivity index (χ2n) is 7.79. The van der Waals surface area contributed by atoms with Crippen LogP contribution in [0.4, 0.5) is 11.4 Å². The first-order valence-corrected chi connectivity index (χ1v) is 12.3. The van der Waals surface area contributed by atoms with Crippen molar-refractivity contribution in [1.29, 1.82) is 0 Å². The van der Waals surface area contributed by atoms with E-state index in [1.807, 2.05) is 57.2 Å². The van der Waals surface area contributed by atoms with Crippen molar-refractivity contribution in [2.24, 2.45) is 0 Å². The summed E-state index contributed by atoms with van der Waals surface area (Å²) in [5.41, 5.74) is 3.27. The van der Waals surface area contributed by atoms with Crippen molar-refractivity contribution < 1.29 is 39.4 Å². The predicted octanol–water partition coefficient (Wildman–Crippen LogP) is 2.31. The van der Waals surface area contributed by atoms with Crippen LogP contribution >= 0.6 is 0 Å². The first kappa shape index (κ1) is 21.3. The third kappa shape index (κ3) is 4.29. The van der Waals surface area contributed by atoms with Crippen molar-refractivity contribution in [3.8, 4) is 0 Å². The Morgan fingerprint density at radius 2 is 1.38 bits per heavy atom. The molecule has 2 aliphatic rings. The van der Waals surface area contributed by atoms with Crippen LogP contribution in [0.15, 0.2) is 55.1 Å². The maximum atomic E-state index is 3.66. The van der Waals surface area contributed by atoms with Crippen LogP contribution in [0.25, 0.3) is 0 Å². The maximum Gasteiger partial charge on any atom is 2.00 e. The third-order valence-electron chi connectivity index (χ3n) is 5.05. The fraction of sp³-hybridized carbons (Fsp3) is 0.217. The molecule has 2 aliphatic heterocycles. The number of hydrogen-bond donors (Lipinski definition) is 0. The van der Waals surface area contributed by atoms with Gasteiger partial charge in [0.1, 0.15) is 11.4 Å². The van der Waals surface area contributed by atoms with Crippen molar-refractivity contribution in [2.75, 3.05) is 14.1 Å². The molecular weight excluding hydrogens is 555 g/mol. The first-order chi connectivity index (χ1) is 13.3. The zero-order valence-electron chi connectivity index (χ0n) is 17.3. The molecule has 6 heteroatoms. The number of aryl methyl sites for hydroxylation is 1. The predicted molar refractivity (Wildman–Crippen MR) is 113 cm³/mol. The van der Waals surface area contributed by atoms with E-state index in [-0.39, 0.29) is 21.1 Å². The van der Waals surface area contributed by atoms with Crippen LogP contribution in [0.3, 0.4) is 0 Å². The zero-order valence-corrected chi connectivity index (χ0v) is 20.6. The van der Waals surface area contributed by atoms with E-state index in [1.165, 1.54) is 15.9 Å². The van der Waals surface area contributed by atoms with E-state index < -0.39 is 8.07 Å². The minimum absolute atomic E-state index is 0. The second kappa shape index (κ2) is 8.14. The van der Waals surface area contributed by atoms with Gasteiger partial charge >= 0.3 is 33.1 Å². The van der Waals surface area contributed by atoms with Gasteiger partial charge in [0, 0.05) is 0 Å². The van der Waals surface area contributed by atoms with Gasteiger partial charge in [-0.2, -0.15) is 34.1 Å². The summed E-state index contributed by atoms with van der Waals surface area (Å²) in [4.78, 5) is 0. The molecule has 2 aromatic rings. The van der Waals surface area contributed by atoms with Crippen molar-refractivity contribution in [3.05, 3.63) is 72.8 Å². The molecule has 146 valence electrons. The minimum atomic E-state index is -1.98. The zero-order chi connectivity index (χ0) is 19.9. The molecule has 0 saturated heterocycles. The fourth-order valence-corrected chi connectivity index (χ4v) is 5.62. The van der Waals surface area contributed by atoms with Gasteiger partial charge in [-0.1, -0.05) is 50.5 Å². The molecule has 0 saturated carbocycles. The first-order valence-electron chi connectivity index (χ1n) is 9.33. The van der Waals surface area contributed by atoms with Crippen molar-refractivity contribution in [3.63, 3.8) is 0 Å². The van der Waals surface area contributed by atoms with Crippen molar-refractivity contribution >= 4 is 41.8 Å². The summed E-state index contributed by atoms with van der Waals surface area (Å²) in [5, 5.41) is 2.52. The van der Waals surface area contributed by atoms with Crippen LogP contribution in [0.1, 0.15) is 5.56 Å². The molecule has 2 aromatic carbocycles. The molecule has 0 fully saturated rings. The van der Waals surface area contributed by atoms with E-state index in [9.17, 15) is 0 Å². The Balaban J connectivity index is 0.00000240. The number of hydrogen-bond acceptors (Lipinski definition) is 0. The van der Waals surface area contributed by atoms with Gasteiger partial charge in [-0.25, -0.2) is 0 Å². The molecule has 0 aliphatic carbocycles. The Hall–Kier alpha value is -2.41. The van der Waals surface area contributed by atoms with Gasteiger partial charge in [-0.15, -0.1) is 12.1 Å². The molecule has 0 aromatic heterocycles. The Morgan fingerprint density at radius 3 is 1.97 bits per heavy atom. The molecule has 0 amide bonds. The van der Waals surface area contributed by atoms with E-state index >= 15 is 0 Å². The summed E-state index contributed by atoms with van der Waals surface area (Å²) in [7, 11) is 1.97. The maximum absolute atomic E-state index is 3.66. The largest absolute Gasteiger partial charge is 2.00 e. The van der Waals surface area contributed by atoms with Gasteiger partial charge in [0.25, 0.3) is 12.4 Å². The SMILES string of the molecule is Cc1cc([N+]2=C=[N+](C)C=C2)[c-]c([Si](C)(C)c2[c-]c([N+]3=C=[N+](C)C=C3)ccc2)c1.[Pt+2]. The molecule has 0 spiro atoms. The Bertz CT molecular complexity index is 1190. The molecule has 4 nitrogen and oxygen atoms in total. The van der Waals surface area contributed by atoms with E-state index in [0.717, 1.165) is 11.4 Å². The van der Waals surface area contributed by atoms with Gasteiger partial charge in [-0.3, -0.25) is 0 Å². The standard InChI is InChI=1S/C23H24N4Si.Pt/c1-19-13-21(27-12-10-25(3)18-27)16-23(14-19)28(4,5)22-8-6-7-20(15-22)26-11-9-24(2)17-26;/h6-14H,1-5H3;/q2*+2. The average Bonchev–Trinajstić information content (AvgIpc) is 3.30. The third-order valence-corrected chi connectivity index (χ3v) is 8.31. The quantitative estimate of drug-likeness (QED) is 0.300. The van der Waals surface area contributed by atoms with Gasteiger partial charge in [0.2, 0.25) is 12.4 Å². The molecule has 2 heterocycles. The van der Waals surface area contributed by atoms with Crippen LogP contribution < -0.4 is 10.4 Å². The normalized spacial score (nSPS) is 14.9. The molecule has 0 atom stereocenters. The van der Waals surface area contributed by atoms with Gasteiger partial charge in [0.05, 0.1) is 8.07 Å². The van der Waals surface area contributed by atoms with E-state index in [0.29, 0.717) is 0 Å². The number of nitrogens with zero attached hydrogens (tertiary/aromatic N) is 4. The van der Waals surface area contributed by atoms with E-state index in [4.69, 9.17) is 0 Å². The van der Waals surface area contributed by atoms with Crippen LogP contribution in [0.5, 0.6) is 0 Å². The summed E-state index contributed by atoms with van der Waals surface area (Å²) >= 11 is 0. The summed E-state index contributed by atoms with van der Waals surface area (Å²) in [6, 6.07) is 24.6. The average molecular weight is 580 g/mol. The second-order valence-corrected chi connectivity index (χ2v) is 12.1. The molecule has 0 N–H and O–H groups in total. The van der Waals surface area contributed by atoms with E-state index in [1.54, 1.807) is 0 Å². The summed E-state index contributed by atoms with van der Waals surface area (Å²) < 4.78 is 7.81. The minimum Gasteiger partial charge on any atom is -0.170 e. The molecule has 0 radical (unpaired) electrons. The topological polar surface area (TPSA) is 12.0 Å². The molecular formula is C23H24N4PtSi+4. The molecule has 0 unspecified atom stereocenters. The monoisotopic (exact) mass is 579 g/mol. The van der Waals surface area contributed by atoms with Crippen LogP contribution in [-0.2, 0) is 21.1 Å². The molecule has 0 bridgehead atoms. The Kier molecular flexibility index (Phi) is 5.98. The number of rotatable bonds is 4. The van der Waals surface area contributed by atoms with Gasteiger partial charge in [-0.05, 0) is 0 Å². The van der Waals surface area contributed by atoms with E-state index in [2.05, 4.69) is 74.5 Å². The van der Waals surface area contributed by atoms with Crippen LogP contribution in [0, 0.1) is 19.1 Å². The summed E-state index contributed by atoms with van der Waals surface area (Å²) in [5.74, 6) is 0. The van der Waals surface area contributed by atoms with Crippen molar-refractivity contribution in [2.45, 2.75) is 20.0 Å². The van der Waals surface area contributed by atoms with Gasteiger partial charge < -0.3 is 0 Å². The van der Waals surface area contributed by atoms with Crippen LogP contribution in [-0.4, -0.2) is 52.5 Å². The molecule has 29 heavy (non-hydrogen) atoms. The summed E-state index contributed by atoms with van der Waals surface area (Å²) in [6.07, 6.45) is 7.99. The van der Waals surface area contributed by atoms with Gasteiger partial charge in [0.15, 0.2) is 14.1 Å². The fourth-order valence-electron chi connectivity index (χ4n) is 3.34. The Labute approximate surface area is 187 Å². The molecule has 4 rings (SSSR count). The number of benzene rings is 2. The summed E-state index contributed by atoms with van der Waals surface area (Å²) in [6.45, 7) is 6.86. The van der Waals surface area contributed by atoms with Crippen molar-refractivity contribution in [1.82, 2.24) is 0 Å². The smallest absolute Gasteiger partial charge is 0.170 e. The van der Waals surface area contributed by atoms with Crippen LogP contribution in [0.2, 0.25) is 13.1 Å². The Morgan fingerprint density at radius 1 is 0.793 bits per heavy atom.